The number of para-hydroxylation sites is 1. The van der Waals surface area contributed by atoms with E-state index in [4.69, 9.17) is 4.74 Å². The number of guanidine groups is 1. The number of methoxy groups -OCH3 is 1. The topological polar surface area (TPSA) is 74.8 Å². The van der Waals surface area contributed by atoms with Gasteiger partial charge < -0.3 is 20.7 Å². The second-order valence-corrected chi connectivity index (χ2v) is 7.17. The van der Waals surface area contributed by atoms with Gasteiger partial charge in [-0.1, -0.05) is 37.3 Å². The Hall–Kier alpha value is -3.02. The van der Waals surface area contributed by atoms with E-state index in [9.17, 15) is 4.79 Å². The van der Waals surface area contributed by atoms with Crippen LogP contribution in [0.2, 0.25) is 0 Å². The number of rotatable bonds is 10. The zero-order valence-electron chi connectivity index (χ0n) is 18.5. The lowest BCUT2D eigenvalue weighted by molar-refractivity contribution is 0.0939. The maximum Gasteiger partial charge on any atom is 0.251 e. The summed E-state index contributed by atoms with van der Waals surface area (Å²) in [5.41, 5.74) is 2.81. The summed E-state index contributed by atoms with van der Waals surface area (Å²) in [7, 11) is 1.69. The SMILES string of the molecule is CCNC(=NCc1cccc(C(=O)NC(C)CC)c1)NCCc1ccccc1OC. The van der Waals surface area contributed by atoms with E-state index in [2.05, 4.69) is 33.9 Å². The van der Waals surface area contributed by atoms with E-state index < -0.39 is 0 Å². The molecule has 1 atom stereocenters. The molecule has 1 unspecified atom stereocenters. The van der Waals surface area contributed by atoms with E-state index in [-0.39, 0.29) is 11.9 Å². The maximum atomic E-state index is 12.4. The van der Waals surface area contributed by atoms with Gasteiger partial charge in [0.25, 0.3) is 5.91 Å². The highest BCUT2D eigenvalue weighted by atomic mass is 16.5. The fourth-order valence-electron chi connectivity index (χ4n) is 2.96. The Morgan fingerprint density at radius 1 is 1.10 bits per heavy atom. The van der Waals surface area contributed by atoms with Crippen LogP contribution < -0.4 is 20.7 Å². The highest BCUT2D eigenvalue weighted by Crippen LogP contribution is 2.17. The lowest BCUT2D eigenvalue weighted by Crippen LogP contribution is -2.38. The molecule has 2 aromatic rings. The number of aliphatic imine (C=N–C) groups is 1. The largest absolute Gasteiger partial charge is 0.496 e. The summed E-state index contributed by atoms with van der Waals surface area (Å²) < 4.78 is 5.41. The fourth-order valence-corrected chi connectivity index (χ4v) is 2.96. The molecular formula is C24H34N4O2. The van der Waals surface area contributed by atoms with Crippen molar-refractivity contribution in [3.05, 3.63) is 65.2 Å². The minimum absolute atomic E-state index is 0.0444. The summed E-state index contributed by atoms with van der Waals surface area (Å²) >= 11 is 0. The Kier molecular flexibility index (Phi) is 9.71. The predicted octanol–water partition coefficient (Wildman–Crippen LogP) is 3.52. The first-order chi connectivity index (χ1) is 14.6. The molecule has 0 aliphatic carbocycles. The molecule has 2 rings (SSSR count). The Labute approximate surface area is 180 Å². The van der Waals surface area contributed by atoms with E-state index in [0.717, 1.165) is 48.8 Å². The number of benzene rings is 2. The number of nitrogens with zero attached hydrogens (tertiary/aromatic N) is 1. The van der Waals surface area contributed by atoms with Crippen molar-refractivity contribution in [1.82, 2.24) is 16.0 Å². The van der Waals surface area contributed by atoms with Crippen LogP contribution >= 0.6 is 0 Å². The lowest BCUT2D eigenvalue weighted by atomic mass is 10.1. The highest BCUT2D eigenvalue weighted by molar-refractivity contribution is 5.94. The van der Waals surface area contributed by atoms with Gasteiger partial charge in [0.2, 0.25) is 0 Å². The van der Waals surface area contributed by atoms with Gasteiger partial charge in [-0.2, -0.15) is 0 Å². The number of carbonyl (C=O) groups is 1. The average Bonchev–Trinajstić information content (AvgIpc) is 2.77. The summed E-state index contributed by atoms with van der Waals surface area (Å²) in [6.07, 6.45) is 1.74. The number of nitrogens with one attached hydrogen (secondary N) is 3. The Balaban J connectivity index is 1.97. The Bertz CT molecular complexity index is 835. The Morgan fingerprint density at radius 2 is 1.90 bits per heavy atom. The van der Waals surface area contributed by atoms with Gasteiger partial charge in [-0.15, -0.1) is 0 Å². The van der Waals surface area contributed by atoms with Crippen molar-refractivity contribution in [3.8, 4) is 5.75 Å². The first-order valence-corrected chi connectivity index (χ1v) is 10.6. The van der Waals surface area contributed by atoms with Crippen molar-refractivity contribution in [3.63, 3.8) is 0 Å². The molecule has 0 saturated heterocycles. The molecule has 0 aliphatic rings. The summed E-state index contributed by atoms with van der Waals surface area (Å²) in [5.74, 6) is 1.60. The molecule has 0 aromatic heterocycles. The first-order valence-electron chi connectivity index (χ1n) is 10.6. The quantitative estimate of drug-likeness (QED) is 0.414. The molecule has 0 saturated carbocycles. The zero-order chi connectivity index (χ0) is 21.8. The second kappa shape index (κ2) is 12.5. The fraction of sp³-hybridized carbons (Fsp3) is 0.417. The minimum atomic E-state index is -0.0444. The van der Waals surface area contributed by atoms with Crippen LogP contribution in [0, 0.1) is 0 Å². The van der Waals surface area contributed by atoms with Gasteiger partial charge in [-0.05, 0) is 56.0 Å². The normalized spacial score (nSPS) is 12.2. The molecular weight excluding hydrogens is 376 g/mol. The van der Waals surface area contributed by atoms with Crippen LogP contribution in [0.25, 0.3) is 0 Å². The van der Waals surface area contributed by atoms with Crippen molar-refractivity contribution in [1.29, 1.82) is 0 Å². The van der Waals surface area contributed by atoms with Crippen molar-refractivity contribution >= 4 is 11.9 Å². The standard InChI is InChI=1S/C24H34N4O2/c1-5-18(3)28-23(29)21-12-9-10-19(16-21)17-27-24(25-6-2)26-15-14-20-11-7-8-13-22(20)30-4/h7-13,16,18H,5-6,14-15,17H2,1-4H3,(H,28,29)(H2,25,26,27). The summed E-state index contributed by atoms with van der Waals surface area (Å²) in [5, 5.41) is 9.63. The molecule has 0 fully saturated rings. The van der Waals surface area contributed by atoms with Crippen molar-refractivity contribution in [2.24, 2.45) is 4.99 Å². The van der Waals surface area contributed by atoms with Crippen LogP contribution in [-0.2, 0) is 13.0 Å². The molecule has 0 spiro atoms. The molecule has 2 aromatic carbocycles. The van der Waals surface area contributed by atoms with E-state index in [1.54, 1.807) is 7.11 Å². The zero-order valence-corrected chi connectivity index (χ0v) is 18.5. The van der Waals surface area contributed by atoms with Gasteiger partial charge in [0.15, 0.2) is 5.96 Å². The van der Waals surface area contributed by atoms with Gasteiger partial charge >= 0.3 is 0 Å². The van der Waals surface area contributed by atoms with Crippen molar-refractivity contribution in [2.45, 2.75) is 46.2 Å². The number of hydrogen-bond acceptors (Lipinski definition) is 3. The molecule has 3 N–H and O–H groups in total. The monoisotopic (exact) mass is 410 g/mol. The molecule has 0 heterocycles. The number of hydrogen-bond donors (Lipinski definition) is 3. The van der Waals surface area contributed by atoms with Crippen LogP contribution in [0.3, 0.4) is 0 Å². The van der Waals surface area contributed by atoms with Crippen LogP contribution in [-0.4, -0.2) is 38.1 Å². The van der Waals surface area contributed by atoms with Crippen molar-refractivity contribution < 1.29 is 9.53 Å². The molecule has 6 nitrogen and oxygen atoms in total. The number of amides is 1. The first kappa shape index (κ1) is 23.3. The lowest BCUT2D eigenvalue weighted by Gasteiger charge is -2.13. The van der Waals surface area contributed by atoms with Crippen LogP contribution in [0.1, 0.15) is 48.7 Å². The molecule has 162 valence electrons. The number of ether oxygens (including phenoxy) is 1. The maximum absolute atomic E-state index is 12.4. The van der Waals surface area contributed by atoms with Gasteiger partial charge in [-0.3, -0.25) is 4.79 Å². The third kappa shape index (κ3) is 7.43. The molecule has 0 aliphatic heterocycles. The van der Waals surface area contributed by atoms with E-state index in [0.29, 0.717) is 12.1 Å². The van der Waals surface area contributed by atoms with Gasteiger partial charge in [0.1, 0.15) is 5.75 Å². The van der Waals surface area contributed by atoms with E-state index in [1.165, 1.54) is 0 Å². The number of carbonyl (C=O) groups excluding carboxylic acids is 1. The smallest absolute Gasteiger partial charge is 0.251 e. The summed E-state index contributed by atoms with van der Waals surface area (Å²) in [6.45, 7) is 8.11. The molecule has 30 heavy (non-hydrogen) atoms. The van der Waals surface area contributed by atoms with Gasteiger partial charge in [0, 0.05) is 24.7 Å². The van der Waals surface area contributed by atoms with E-state index in [1.807, 2.05) is 56.3 Å². The predicted molar refractivity (Wildman–Crippen MR) is 123 cm³/mol. The second-order valence-electron chi connectivity index (χ2n) is 7.17. The molecule has 6 heteroatoms. The average molecular weight is 411 g/mol. The van der Waals surface area contributed by atoms with Crippen LogP contribution in [0.4, 0.5) is 0 Å². The summed E-state index contributed by atoms with van der Waals surface area (Å²) in [4.78, 5) is 17.0. The third-order valence-corrected chi connectivity index (χ3v) is 4.82. The van der Waals surface area contributed by atoms with Crippen molar-refractivity contribution in [2.75, 3.05) is 20.2 Å². The third-order valence-electron chi connectivity index (χ3n) is 4.82. The van der Waals surface area contributed by atoms with Crippen LogP contribution in [0.15, 0.2) is 53.5 Å². The van der Waals surface area contributed by atoms with Gasteiger partial charge in [0.05, 0.1) is 13.7 Å². The van der Waals surface area contributed by atoms with Crippen LogP contribution in [0.5, 0.6) is 5.75 Å². The highest BCUT2D eigenvalue weighted by Gasteiger charge is 2.09. The molecule has 1 amide bonds. The molecule has 0 radical (unpaired) electrons. The van der Waals surface area contributed by atoms with Gasteiger partial charge in [-0.25, -0.2) is 4.99 Å². The Morgan fingerprint density at radius 3 is 2.63 bits per heavy atom. The van der Waals surface area contributed by atoms with E-state index >= 15 is 0 Å². The summed E-state index contributed by atoms with van der Waals surface area (Å²) in [6, 6.07) is 15.8. The minimum Gasteiger partial charge on any atom is -0.496 e. The molecule has 0 bridgehead atoms.